The monoisotopic (exact) mass is 549 g/mol. The molecule has 2 aliphatic heterocycles. The molecule has 0 spiro atoms. The van der Waals surface area contributed by atoms with E-state index in [1.807, 2.05) is 37.3 Å². The van der Waals surface area contributed by atoms with E-state index in [1.54, 1.807) is 30.3 Å². The highest BCUT2D eigenvalue weighted by Crippen LogP contribution is 2.49. The minimum atomic E-state index is -0.390. The Morgan fingerprint density at radius 3 is 2.42 bits per heavy atom. The molecule has 3 atom stereocenters. The van der Waals surface area contributed by atoms with Gasteiger partial charge in [-0.1, -0.05) is 35.0 Å². The zero-order valence-electron chi connectivity index (χ0n) is 20.9. The summed E-state index contributed by atoms with van der Waals surface area (Å²) in [6.07, 6.45) is 0.868. The molecule has 0 aliphatic carbocycles. The van der Waals surface area contributed by atoms with E-state index in [4.69, 9.17) is 9.47 Å². The van der Waals surface area contributed by atoms with Gasteiger partial charge < -0.3 is 19.7 Å². The van der Waals surface area contributed by atoms with Crippen molar-refractivity contribution >= 4 is 27.1 Å². The van der Waals surface area contributed by atoms with E-state index in [9.17, 15) is 10.2 Å². The van der Waals surface area contributed by atoms with Crippen LogP contribution in [-0.2, 0) is 0 Å². The number of phenols is 2. The van der Waals surface area contributed by atoms with Gasteiger partial charge in [-0.3, -0.25) is 4.90 Å². The Labute approximate surface area is 221 Å². The molecule has 3 aromatic rings. The Morgan fingerprint density at radius 2 is 1.72 bits per heavy atom. The molecule has 1 fully saturated rings. The average Bonchev–Trinajstić information content (AvgIpc) is 3.31. The molecule has 0 radical (unpaired) electrons. The van der Waals surface area contributed by atoms with Crippen LogP contribution in [0.5, 0.6) is 23.0 Å². The zero-order valence-corrected chi connectivity index (χ0v) is 22.5. The number of rotatable bonds is 6. The molecule has 3 aromatic carbocycles. The third-order valence-corrected chi connectivity index (χ3v) is 7.96. The molecule has 3 unspecified atom stereocenters. The molecule has 1 saturated heterocycles. The van der Waals surface area contributed by atoms with Crippen molar-refractivity contribution in [3.05, 3.63) is 81.8 Å². The van der Waals surface area contributed by atoms with Crippen LogP contribution in [0.15, 0.2) is 65.1 Å². The number of hydrogen-bond donors (Lipinski definition) is 2. The van der Waals surface area contributed by atoms with Crippen LogP contribution >= 0.6 is 15.9 Å². The van der Waals surface area contributed by atoms with Crippen molar-refractivity contribution in [2.24, 2.45) is 5.92 Å². The molecule has 188 valence electrons. The number of nitrogens with zero attached hydrogens (tertiary/aromatic N) is 1. The number of halogens is 1. The van der Waals surface area contributed by atoms with E-state index >= 15 is 0 Å². The maximum atomic E-state index is 10.2. The third-order valence-electron chi connectivity index (χ3n) is 7.27. The van der Waals surface area contributed by atoms with Crippen LogP contribution in [0.2, 0.25) is 0 Å². The number of ether oxygens (including phenoxy) is 2. The van der Waals surface area contributed by atoms with Crippen LogP contribution in [0.1, 0.15) is 50.0 Å². The van der Waals surface area contributed by atoms with Crippen LogP contribution in [0.4, 0.5) is 0 Å². The van der Waals surface area contributed by atoms with Gasteiger partial charge in [0.2, 0.25) is 0 Å². The maximum absolute atomic E-state index is 10.2. The summed E-state index contributed by atoms with van der Waals surface area (Å²) in [5, 5.41) is 20.3. The van der Waals surface area contributed by atoms with Gasteiger partial charge in [-0.2, -0.15) is 0 Å². The topological polar surface area (TPSA) is 62.2 Å². The van der Waals surface area contributed by atoms with E-state index in [2.05, 4.69) is 34.7 Å². The maximum Gasteiger partial charge on any atom is 0.150 e. The van der Waals surface area contributed by atoms with Crippen LogP contribution in [0, 0.1) is 5.92 Å². The average molecular weight is 550 g/mol. The van der Waals surface area contributed by atoms with Crippen LogP contribution in [-0.4, -0.2) is 40.9 Å². The second-order valence-electron chi connectivity index (χ2n) is 10.00. The van der Waals surface area contributed by atoms with Gasteiger partial charge in [-0.15, -0.1) is 0 Å². The molecular weight excluding hydrogens is 518 g/mol. The SMILES string of the molecule is CC1=C(c2cc(O)ccc2Br)C(c2ccc(OCC(C)N3CCC(C)C3)cc2)Oc2ccc(O)cc21. The quantitative estimate of drug-likeness (QED) is 0.345. The number of likely N-dealkylation sites (tertiary alicyclic amines) is 1. The number of benzene rings is 3. The summed E-state index contributed by atoms with van der Waals surface area (Å²) in [6.45, 7) is 9.49. The summed E-state index contributed by atoms with van der Waals surface area (Å²) < 4.78 is 13.5. The van der Waals surface area contributed by atoms with Crippen molar-refractivity contribution < 1.29 is 19.7 Å². The molecule has 2 N–H and O–H groups in total. The first kappa shape index (κ1) is 24.7. The van der Waals surface area contributed by atoms with Crippen molar-refractivity contribution in [3.8, 4) is 23.0 Å². The Bertz CT molecular complexity index is 1290. The second-order valence-corrected chi connectivity index (χ2v) is 10.9. The van der Waals surface area contributed by atoms with E-state index in [0.29, 0.717) is 18.4 Å². The van der Waals surface area contributed by atoms with Gasteiger partial charge in [0.15, 0.2) is 0 Å². The Hall–Kier alpha value is -2.96. The minimum absolute atomic E-state index is 0.180. The molecule has 36 heavy (non-hydrogen) atoms. The summed E-state index contributed by atoms with van der Waals surface area (Å²) in [7, 11) is 0. The third kappa shape index (κ3) is 4.97. The minimum Gasteiger partial charge on any atom is -0.508 e. The first-order valence-corrected chi connectivity index (χ1v) is 13.3. The summed E-state index contributed by atoms with van der Waals surface area (Å²) in [4.78, 5) is 2.50. The van der Waals surface area contributed by atoms with Crippen LogP contribution in [0.25, 0.3) is 11.1 Å². The van der Waals surface area contributed by atoms with E-state index < -0.39 is 0 Å². The van der Waals surface area contributed by atoms with Crippen molar-refractivity contribution in [2.75, 3.05) is 19.7 Å². The van der Waals surface area contributed by atoms with Crippen molar-refractivity contribution in [1.29, 1.82) is 0 Å². The number of allylic oxidation sites excluding steroid dienone is 1. The molecule has 0 saturated carbocycles. The van der Waals surface area contributed by atoms with Crippen LogP contribution < -0.4 is 9.47 Å². The molecular formula is C30H32BrNO4. The Balaban J connectivity index is 1.43. The molecule has 2 heterocycles. The van der Waals surface area contributed by atoms with Crippen molar-refractivity contribution in [1.82, 2.24) is 4.90 Å². The van der Waals surface area contributed by atoms with Gasteiger partial charge in [0.05, 0.1) is 0 Å². The van der Waals surface area contributed by atoms with E-state index in [0.717, 1.165) is 57.1 Å². The molecule has 5 nitrogen and oxygen atoms in total. The lowest BCUT2D eigenvalue weighted by Crippen LogP contribution is -2.35. The number of aromatic hydroxyl groups is 2. The lowest BCUT2D eigenvalue weighted by molar-refractivity contribution is 0.169. The largest absolute Gasteiger partial charge is 0.508 e. The highest BCUT2D eigenvalue weighted by atomic mass is 79.9. The number of phenolic OH excluding ortho intramolecular Hbond substituents is 2. The standard InChI is InChI=1S/C30H32BrNO4/c1-18-12-13-32(16-18)19(2)17-35-24-8-4-21(5-9-24)30-29(26-15-22(33)6-10-27(26)31)20(3)25-14-23(34)7-11-28(25)36-30/h4-11,14-15,18-19,30,33-34H,12-13,16-17H2,1-3H3. The summed E-state index contributed by atoms with van der Waals surface area (Å²) in [5.41, 5.74) is 4.58. The van der Waals surface area contributed by atoms with E-state index in [-0.39, 0.29) is 17.6 Å². The van der Waals surface area contributed by atoms with Crippen LogP contribution in [0.3, 0.4) is 0 Å². The first-order chi connectivity index (χ1) is 17.3. The fourth-order valence-corrected chi connectivity index (χ4v) is 5.63. The predicted molar refractivity (Wildman–Crippen MR) is 147 cm³/mol. The molecule has 0 aromatic heterocycles. The van der Waals surface area contributed by atoms with Crippen molar-refractivity contribution in [2.45, 2.75) is 39.3 Å². The van der Waals surface area contributed by atoms with Gasteiger partial charge in [0.1, 0.15) is 35.7 Å². The Morgan fingerprint density at radius 1 is 1.03 bits per heavy atom. The smallest absolute Gasteiger partial charge is 0.150 e. The van der Waals surface area contributed by atoms with Gasteiger partial charge in [0.25, 0.3) is 0 Å². The molecule has 0 amide bonds. The Kier molecular flexibility index (Phi) is 7.00. The number of hydrogen-bond acceptors (Lipinski definition) is 5. The first-order valence-electron chi connectivity index (χ1n) is 12.5. The van der Waals surface area contributed by atoms with Gasteiger partial charge in [-0.25, -0.2) is 0 Å². The van der Waals surface area contributed by atoms with Crippen molar-refractivity contribution in [3.63, 3.8) is 0 Å². The second kappa shape index (κ2) is 10.2. The summed E-state index contributed by atoms with van der Waals surface area (Å²) >= 11 is 3.65. The van der Waals surface area contributed by atoms with E-state index in [1.165, 1.54) is 6.42 Å². The molecule has 6 heteroatoms. The number of fused-ring (bicyclic) bond motifs is 1. The summed E-state index contributed by atoms with van der Waals surface area (Å²) in [5.74, 6) is 2.67. The highest BCUT2D eigenvalue weighted by Gasteiger charge is 2.31. The lowest BCUT2D eigenvalue weighted by atomic mass is 9.86. The van der Waals surface area contributed by atoms with Gasteiger partial charge >= 0.3 is 0 Å². The predicted octanol–water partition coefficient (Wildman–Crippen LogP) is 7.03. The fourth-order valence-electron chi connectivity index (χ4n) is 5.17. The zero-order chi connectivity index (χ0) is 25.4. The fraction of sp³-hybridized carbons (Fsp3) is 0.333. The molecule has 0 bridgehead atoms. The molecule has 5 rings (SSSR count). The lowest BCUT2D eigenvalue weighted by Gasteiger charge is -2.31. The summed E-state index contributed by atoms with van der Waals surface area (Å²) in [6, 6.07) is 18.8. The van der Waals surface area contributed by atoms with Gasteiger partial charge in [-0.05, 0) is 98.0 Å². The normalized spacial score (nSPS) is 20.7. The molecule has 2 aliphatic rings. The highest BCUT2D eigenvalue weighted by molar-refractivity contribution is 9.10. The van der Waals surface area contributed by atoms with Gasteiger partial charge in [0, 0.05) is 28.2 Å².